The molecule has 2 amide bonds. The maximum Gasteiger partial charge on any atom is 0.412 e. The van der Waals surface area contributed by atoms with Crippen molar-refractivity contribution in [1.82, 2.24) is 4.98 Å². The number of amides is 2. The number of hydrogen-bond acceptors (Lipinski definition) is 6. The van der Waals surface area contributed by atoms with E-state index >= 15 is 0 Å². The summed E-state index contributed by atoms with van der Waals surface area (Å²) in [6.45, 7) is 5.21. The summed E-state index contributed by atoms with van der Waals surface area (Å²) in [6.07, 6.45) is 2.24. The van der Waals surface area contributed by atoms with Crippen LogP contribution in [0.4, 0.5) is 20.6 Å². The maximum atomic E-state index is 13.4. The van der Waals surface area contributed by atoms with Crippen LogP contribution < -0.4 is 10.6 Å². The fraction of sp³-hybridized carbons (Fsp3) is 0.138. The van der Waals surface area contributed by atoms with Crippen LogP contribution in [0.3, 0.4) is 0 Å². The van der Waals surface area contributed by atoms with E-state index in [-0.39, 0.29) is 22.0 Å². The third-order valence-corrected chi connectivity index (χ3v) is 7.38. The Morgan fingerprint density at radius 1 is 0.821 bits per heavy atom. The van der Waals surface area contributed by atoms with Gasteiger partial charge in [0.1, 0.15) is 21.1 Å². The van der Waals surface area contributed by atoms with Gasteiger partial charge in [0.2, 0.25) is 0 Å². The van der Waals surface area contributed by atoms with Gasteiger partial charge in [-0.15, -0.1) is 0 Å². The average molecular weight is 547 g/mol. The number of aromatic nitrogens is 1. The van der Waals surface area contributed by atoms with E-state index in [9.17, 15) is 18.2 Å². The number of benzene rings is 3. The summed E-state index contributed by atoms with van der Waals surface area (Å²) in [6, 6.07) is 19.8. The van der Waals surface area contributed by atoms with Gasteiger partial charge in [0, 0.05) is 18.0 Å². The lowest BCUT2D eigenvalue weighted by Gasteiger charge is -2.21. The van der Waals surface area contributed by atoms with Gasteiger partial charge >= 0.3 is 6.09 Å². The average Bonchev–Trinajstić information content (AvgIpc) is 2.89. The first-order chi connectivity index (χ1) is 18.4. The summed E-state index contributed by atoms with van der Waals surface area (Å²) < 4.78 is 40.2. The van der Waals surface area contributed by atoms with Crippen LogP contribution in [0.15, 0.2) is 101 Å². The van der Waals surface area contributed by atoms with Gasteiger partial charge in [0.05, 0.1) is 21.2 Å². The molecule has 1 heterocycles. The lowest BCUT2D eigenvalue weighted by molar-refractivity contribution is 0.0635. The summed E-state index contributed by atoms with van der Waals surface area (Å²) in [7, 11) is -3.27. The molecule has 3 aromatic carbocycles. The van der Waals surface area contributed by atoms with Crippen LogP contribution in [0.1, 0.15) is 31.1 Å². The molecule has 0 fully saturated rings. The highest BCUT2D eigenvalue weighted by Gasteiger charge is 2.19. The van der Waals surface area contributed by atoms with E-state index in [0.29, 0.717) is 21.7 Å². The predicted molar refractivity (Wildman–Crippen MR) is 148 cm³/mol. The number of pyridine rings is 1. The van der Waals surface area contributed by atoms with Crippen molar-refractivity contribution in [3.63, 3.8) is 0 Å². The first kappa shape index (κ1) is 27.5. The molecule has 0 aliphatic rings. The van der Waals surface area contributed by atoms with E-state index in [1.165, 1.54) is 60.9 Å². The molecule has 1 unspecified atom stereocenters. The van der Waals surface area contributed by atoms with E-state index in [4.69, 9.17) is 9.52 Å². The highest BCUT2D eigenvalue weighted by molar-refractivity contribution is 7.92. The molecule has 4 aromatic rings. The Morgan fingerprint density at radius 2 is 1.41 bits per heavy atom. The first-order valence-electron chi connectivity index (χ1n) is 11.9. The minimum absolute atomic E-state index is 0.246. The Morgan fingerprint density at radius 3 is 2.03 bits per heavy atom. The molecule has 0 spiro atoms. The molecule has 3 N–H and O–H groups in total. The van der Waals surface area contributed by atoms with Gasteiger partial charge in [-0.3, -0.25) is 15.1 Å². The van der Waals surface area contributed by atoms with Crippen molar-refractivity contribution in [3.05, 3.63) is 103 Å². The Hall–Kier alpha value is -4.57. The molecule has 1 atom stereocenters. The fourth-order valence-electron chi connectivity index (χ4n) is 3.65. The standard InChI is InChI=1S/C29H27FN4O4S/c1-29(2,3)38-28(36)34-25-13-8-21(19-4-9-22(30)10-5-19)18-26(25)33-27(35)20-6-11-23(12-7-20)39(31,37)24-14-16-32-17-15-24/h4-18,31H,1-3H3,(H,33,35)(H,34,36). The molecule has 4 rings (SSSR count). The van der Waals surface area contributed by atoms with Crippen molar-refractivity contribution in [1.29, 1.82) is 4.78 Å². The maximum absolute atomic E-state index is 13.4. The summed E-state index contributed by atoms with van der Waals surface area (Å²) in [5, 5.41) is 5.45. The van der Waals surface area contributed by atoms with Gasteiger partial charge in [-0.1, -0.05) is 18.2 Å². The van der Waals surface area contributed by atoms with Crippen LogP contribution in [0, 0.1) is 10.6 Å². The Labute approximate surface area is 226 Å². The second-order valence-electron chi connectivity index (χ2n) is 9.61. The molecule has 0 aliphatic carbocycles. The largest absolute Gasteiger partial charge is 0.444 e. The minimum atomic E-state index is -3.27. The number of nitrogens with zero attached hydrogens (tertiary/aromatic N) is 1. The predicted octanol–water partition coefficient (Wildman–Crippen LogP) is 6.95. The SMILES string of the molecule is CC(C)(C)OC(=O)Nc1ccc(-c2ccc(F)cc2)cc1NC(=O)c1ccc(S(=N)(=O)c2ccncc2)cc1. The van der Waals surface area contributed by atoms with Crippen molar-refractivity contribution in [2.24, 2.45) is 0 Å². The molecule has 200 valence electrons. The van der Waals surface area contributed by atoms with Crippen molar-refractivity contribution in [2.75, 3.05) is 10.6 Å². The topological polar surface area (TPSA) is 121 Å². The third-order valence-electron chi connectivity index (χ3n) is 5.51. The van der Waals surface area contributed by atoms with Gasteiger partial charge in [-0.05, 0) is 92.6 Å². The summed E-state index contributed by atoms with van der Waals surface area (Å²) in [5.41, 5.74) is 1.50. The van der Waals surface area contributed by atoms with Gasteiger partial charge in [0.15, 0.2) is 0 Å². The summed E-state index contributed by atoms with van der Waals surface area (Å²) in [5.74, 6) is -0.870. The summed E-state index contributed by atoms with van der Waals surface area (Å²) >= 11 is 0. The second kappa shape index (κ2) is 11.0. The molecule has 8 nitrogen and oxygen atoms in total. The molecule has 1 aromatic heterocycles. The summed E-state index contributed by atoms with van der Waals surface area (Å²) in [4.78, 5) is 30.1. The Balaban J connectivity index is 1.62. The van der Waals surface area contributed by atoms with E-state index < -0.39 is 27.3 Å². The highest BCUT2D eigenvalue weighted by Crippen LogP contribution is 2.30. The van der Waals surface area contributed by atoms with Gasteiger partial charge in [-0.25, -0.2) is 18.2 Å². The van der Waals surface area contributed by atoms with Gasteiger partial charge in [0.25, 0.3) is 5.91 Å². The number of halogens is 1. The Bertz CT molecular complexity index is 1600. The number of rotatable bonds is 6. The smallest absolute Gasteiger partial charge is 0.412 e. The zero-order valence-electron chi connectivity index (χ0n) is 21.5. The lowest BCUT2D eigenvalue weighted by Crippen LogP contribution is -2.27. The van der Waals surface area contributed by atoms with Crippen LogP contribution in [-0.4, -0.2) is 26.8 Å². The molecule has 0 saturated carbocycles. The van der Waals surface area contributed by atoms with E-state index in [1.807, 2.05) is 0 Å². The quantitative estimate of drug-likeness (QED) is 0.242. The molecular weight excluding hydrogens is 519 g/mol. The normalized spacial score (nSPS) is 12.7. The molecule has 0 radical (unpaired) electrons. The number of carbonyl (C=O) groups excluding carboxylic acids is 2. The number of nitrogens with one attached hydrogen (secondary N) is 3. The van der Waals surface area contributed by atoms with Crippen molar-refractivity contribution < 1.29 is 22.9 Å². The Kier molecular flexibility index (Phi) is 7.78. The van der Waals surface area contributed by atoms with Crippen LogP contribution in [0.5, 0.6) is 0 Å². The minimum Gasteiger partial charge on any atom is -0.444 e. The third kappa shape index (κ3) is 6.85. The molecule has 10 heteroatoms. The van der Waals surface area contributed by atoms with Gasteiger partial charge < -0.3 is 10.1 Å². The molecule has 0 aliphatic heterocycles. The molecule has 0 saturated heterocycles. The number of carbonyl (C=O) groups is 2. The fourth-order valence-corrected chi connectivity index (χ4v) is 4.95. The van der Waals surface area contributed by atoms with Crippen LogP contribution >= 0.6 is 0 Å². The van der Waals surface area contributed by atoms with Crippen molar-refractivity contribution in [3.8, 4) is 11.1 Å². The number of anilines is 2. The zero-order chi connectivity index (χ0) is 28.2. The van der Waals surface area contributed by atoms with Crippen LogP contribution in [0.25, 0.3) is 11.1 Å². The van der Waals surface area contributed by atoms with Gasteiger partial charge in [-0.2, -0.15) is 0 Å². The zero-order valence-corrected chi connectivity index (χ0v) is 22.3. The number of hydrogen-bond donors (Lipinski definition) is 3. The molecular formula is C29H27FN4O4S. The van der Waals surface area contributed by atoms with Crippen molar-refractivity contribution in [2.45, 2.75) is 36.2 Å². The van der Waals surface area contributed by atoms with Crippen LogP contribution in [0.2, 0.25) is 0 Å². The first-order valence-corrected chi connectivity index (χ1v) is 13.5. The van der Waals surface area contributed by atoms with E-state index in [1.54, 1.807) is 51.1 Å². The lowest BCUT2D eigenvalue weighted by atomic mass is 10.0. The highest BCUT2D eigenvalue weighted by atomic mass is 32.2. The van der Waals surface area contributed by atoms with E-state index in [0.717, 1.165) is 0 Å². The molecule has 39 heavy (non-hydrogen) atoms. The second-order valence-corrected chi connectivity index (χ2v) is 11.7. The monoisotopic (exact) mass is 546 g/mol. The van der Waals surface area contributed by atoms with Crippen molar-refractivity contribution >= 4 is 33.1 Å². The van der Waals surface area contributed by atoms with E-state index in [2.05, 4.69) is 15.6 Å². The molecule has 0 bridgehead atoms. The van der Waals surface area contributed by atoms with Crippen LogP contribution in [-0.2, 0) is 14.5 Å². The number of ether oxygens (including phenoxy) is 1.